The Kier molecular flexibility index (Phi) is 3.89. The van der Waals surface area contributed by atoms with Crippen molar-refractivity contribution < 1.29 is 0 Å². The van der Waals surface area contributed by atoms with Gasteiger partial charge >= 0.3 is 0 Å². The van der Waals surface area contributed by atoms with Gasteiger partial charge in [0.1, 0.15) is 0 Å². The number of anilines is 3. The van der Waals surface area contributed by atoms with Gasteiger partial charge < -0.3 is 15.5 Å². The summed E-state index contributed by atoms with van der Waals surface area (Å²) in [5.41, 5.74) is 0. The topological polar surface area (TPSA) is 66.0 Å². The molecule has 1 saturated carbocycles. The molecule has 0 spiro atoms. The standard InChI is InChI=1S/C14H24N6/c1-10(11-6-5-7-11)16-13-17-12(15-2)18-14(19-13)20-8-3-4-9-20/h10-11H,3-9H2,1-2H3,(H2,15,16,17,18,19). The SMILES string of the molecule is CNc1nc(NC(C)C2CCC2)nc(N2CCCC2)n1. The average Bonchev–Trinajstić information content (AvgIpc) is 2.89. The second-order valence-corrected chi connectivity index (χ2v) is 5.85. The van der Waals surface area contributed by atoms with Crippen molar-refractivity contribution in [1.82, 2.24) is 15.0 Å². The zero-order chi connectivity index (χ0) is 13.9. The number of nitrogens with zero attached hydrogens (tertiary/aromatic N) is 4. The van der Waals surface area contributed by atoms with Gasteiger partial charge in [0.25, 0.3) is 0 Å². The summed E-state index contributed by atoms with van der Waals surface area (Å²) in [5, 5.41) is 6.49. The second-order valence-electron chi connectivity index (χ2n) is 5.85. The molecule has 1 unspecified atom stereocenters. The summed E-state index contributed by atoms with van der Waals surface area (Å²) in [6.07, 6.45) is 6.44. The largest absolute Gasteiger partial charge is 0.357 e. The van der Waals surface area contributed by atoms with Crippen molar-refractivity contribution >= 4 is 17.8 Å². The Morgan fingerprint density at radius 3 is 2.35 bits per heavy atom. The Balaban J connectivity index is 1.76. The summed E-state index contributed by atoms with van der Waals surface area (Å²) >= 11 is 0. The first kappa shape index (κ1) is 13.4. The van der Waals surface area contributed by atoms with Crippen molar-refractivity contribution in [3.8, 4) is 0 Å². The molecule has 2 aliphatic rings. The van der Waals surface area contributed by atoms with Gasteiger partial charge in [-0.25, -0.2) is 0 Å². The van der Waals surface area contributed by atoms with E-state index in [-0.39, 0.29) is 0 Å². The molecule has 2 heterocycles. The van der Waals surface area contributed by atoms with Crippen LogP contribution in [0.25, 0.3) is 0 Å². The summed E-state index contributed by atoms with van der Waals surface area (Å²) in [5.74, 6) is 2.90. The third-order valence-corrected chi connectivity index (χ3v) is 4.45. The maximum Gasteiger partial charge on any atom is 0.231 e. The highest BCUT2D eigenvalue weighted by molar-refractivity contribution is 5.44. The van der Waals surface area contributed by atoms with E-state index in [1.807, 2.05) is 7.05 Å². The highest BCUT2D eigenvalue weighted by Gasteiger charge is 2.25. The van der Waals surface area contributed by atoms with E-state index >= 15 is 0 Å². The number of nitrogens with one attached hydrogen (secondary N) is 2. The van der Waals surface area contributed by atoms with Crippen LogP contribution in [0, 0.1) is 5.92 Å². The van der Waals surface area contributed by atoms with Crippen LogP contribution in [-0.2, 0) is 0 Å². The van der Waals surface area contributed by atoms with Crippen molar-refractivity contribution in [2.45, 2.75) is 45.1 Å². The monoisotopic (exact) mass is 276 g/mol. The van der Waals surface area contributed by atoms with Crippen LogP contribution in [-0.4, -0.2) is 41.1 Å². The smallest absolute Gasteiger partial charge is 0.231 e. The molecule has 20 heavy (non-hydrogen) atoms. The fraction of sp³-hybridized carbons (Fsp3) is 0.786. The van der Waals surface area contributed by atoms with E-state index in [1.165, 1.54) is 32.1 Å². The van der Waals surface area contributed by atoms with Crippen molar-refractivity contribution in [2.75, 3.05) is 35.7 Å². The van der Waals surface area contributed by atoms with Gasteiger partial charge in [0, 0.05) is 26.2 Å². The Hall–Kier alpha value is -1.59. The Morgan fingerprint density at radius 2 is 1.75 bits per heavy atom. The normalized spacial score (nSPS) is 20.6. The fourth-order valence-corrected chi connectivity index (χ4v) is 2.86. The molecule has 1 atom stereocenters. The van der Waals surface area contributed by atoms with E-state index in [4.69, 9.17) is 0 Å². The molecule has 1 aliphatic carbocycles. The quantitative estimate of drug-likeness (QED) is 0.858. The maximum absolute atomic E-state index is 4.60. The van der Waals surface area contributed by atoms with E-state index in [1.54, 1.807) is 0 Å². The van der Waals surface area contributed by atoms with Crippen LogP contribution in [0.2, 0.25) is 0 Å². The summed E-state index contributed by atoms with van der Waals surface area (Å²) < 4.78 is 0. The number of rotatable bonds is 5. The van der Waals surface area contributed by atoms with E-state index in [0.29, 0.717) is 17.9 Å². The molecular formula is C14H24N6. The first-order valence-electron chi connectivity index (χ1n) is 7.71. The van der Waals surface area contributed by atoms with Crippen LogP contribution in [0.3, 0.4) is 0 Å². The van der Waals surface area contributed by atoms with Gasteiger partial charge in [0.05, 0.1) is 0 Å². The van der Waals surface area contributed by atoms with Crippen molar-refractivity contribution in [2.24, 2.45) is 5.92 Å². The number of hydrogen-bond acceptors (Lipinski definition) is 6. The molecule has 0 aromatic carbocycles. The van der Waals surface area contributed by atoms with Gasteiger partial charge in [0.2, 0.25) is 17.8 Å². The lowest BCUT2D eigenvalue weighted by Gasteiger charge is -2.32. The highest BCUT2D eigenvalue weighted by Crippen LogP contribution is 2.30. The minimum Gasteiger partial charge on any atom is -0.357 e. The Labute approximate surface area is 120 Å². The van der Waals surface area contributed by atoms with Crippen LogP contribution in [0.1, 0.15) is 39.0 Å². The molecule has 110 valence electrons. The molecule has 1 aromatic heterocycles. The molecule has 0 radical (unpaired) electrons. The van der Waals surface area contributed by atoms with Crippen LogP contribution in [0.5, 0.6) is 0 Å². The van der Waals surface area contributed by atoms with Crippen molar-refractivity contribution in [1.29, 1.82) is 0 Å². The van der Waals surface area contributed by atoms with Gasteiger partial charge in [-0.1, -0.05) is 6.42 Å². The number of aromatic nitrogens is 3. The molecule has 2 fully saturated rings. The van der Waals surface area contributed by atoms with Crippen LogP contribution in [0.4, 0.5) is 17.8 Å². The van der Waals surface area contributed by atoms with Crippen LogP contribution in [0.15, 0.2) is 0 Å². The molecule has 1 aromatic rings. The summed E-state index contributed by atoms with van der Waals surface area (Å²) in [4.78, 5) is 15.7. The zero-order valence-corrected chi connectivity index (χ0v) is 12.4. The third kappa shape index (κ3) is 2.78. The molecular weight excluding hydrogens is 252 g/mol. The molecule has 2 N–H and O–H groups in total. The Bertz CT molecular complexity index is 453. The van der Waals surface area contributed by atoms with Gasteiger partial charge in [-0.05, 0) is 38.5 Å². The van der Waals surface area contributed by atoms with E-state index < -0.39 is 0 Å². The molecule has 0 amide bonds. The molecule has 6 heteroatoms. The molecule has 3 rings (SSSR count). The maximum atomic E-state index is 4.60. The summed E-state index contributed by atoms with van der Waals surface area (Å²) in [6.45, 7) is 4.32. The van der Waals surface area contributed by atoms with Crippen molar-refractivity contribution in [3.05, 3.63) is 0 Å². The summed E-state index contributed by atoms with van der Waals surface area (Å²) in [7, 11) is 1.85. The molecule has 1 saturated heterocycles. The molecule has 6 nitrogen and oxygen atoms in total. The molecule has 0 bridgehead atoms. The van der Waals surface area contributed by atoms with Crippen LogP contribution < -0.4 is 15.5 Å². The first-order chi connectivity index (χ1) is 9.76. The van der Waals surface area contributed by atoms with Gasteiger partial charge in [-0.15, -0.1) is 0 Å². The predicted octanol–water partition coefficient (Wildman–Crippen LogP) is 2.11. The lowest BCUT2D eigenvalue weighted by Crippen LogP contribution is -2.32. The van der Waals surface area contributed by atoms with Crippen LogP contribution >= 0.6 is 0 Å². The zero-order valence-electron chi connectivity index (χ0n) is 12.4. The summed E-state index contributed by atoms with van der Waals surface area (Å²) in [6, 6.07) is 0.433. The lowest BCUT2D eigenvalue weighted by atomic mass is 9.80. The average molecular weight is 276 g/mol. The number of hydrogen-bond donors (Lipinski definition) is 2. The third-order valence-electron chi connectivity index (χ3n) is 4.45. The molecule has 1 aliphatic heterocycles. The Morgan fingerprint density at radius 1 is 1.05 bits per heavy atom. The minimum absolute atomic E-state index is 0.433. The van der Waals surface area contributed by atoms with Crippen molar-refractivity contribution in [3.63, 3.8) is 0 Å². The van der Waals surface area contributed by atoms with Gasteiger partial charge in [-0.2, -0.15) is 15.0 Å². The lowest BCUT2D eigenvalue weighted by molar-refractivity contribution is 0.284. The highest BCUT2D eigenvalue weighted by atomic mass is 15.3. The minimum atomic E-state index is 0.433. The van der Waals surface area contributed by atoms with E-state index in [0.717, 1.165) is 25.0 Å². The predicted molar refractivity (Wildman–Crippen MR) is 81.2 cm³/mol. The van der Waals surface area contributed by atoms with E-state index in [9.17, 15) is 0 Å². The fourth-order valence-electron chi connectivity index (χ4n) is 2.86. The van der Waals surface area contributed by atoms with Gasteiger partial charge in [-0.3, -0.25) is 0 Å². The van der Waals surface area contributed by atoms with E-state index in [2.05, 4.69) is 37.4 Å². The first-order valence-corrected chi connectivity index (χ1v) is 7.71. The second kappa shape index (κ2) is 5.81. The van der Waals surface area contributed by atoms with Gasteiger partial charge in [0.15, 0.2) is 0 Å².